The summed E-state index contributed by atoms with van der Waals surface area (Å²) in [5.74, 6) is -0.113. The van der Waals surface area contributed by atoms with Gasteiger partial charge in [-0.1, -0.05) is 6.07 Å². The predicted molar refractivity (Wildman–Crippen MR) is 120 cm³/mol. The van der Waals surface area contributed by atoms with Gasteiger partial charge in [-0.05, 0) is 55.0 Å². The molecule has 0 radical (unpaired) electrons. The van der Waals surface area contributed by atoms with E-state index in [-0.39, 0.29) is 16.1 Å². The van der Waals surface area contributed by atoms with Crippen molar-refractivity contribution >= 4 is 39.0 Å². The van der Waals surface area contributed by atoms with Crippen molar-refractivity contribution in [1.82, 2.24) is 14.7 Å². The monoisotopic (exact) mass is 462 g/mol. The molecule has 2 saturated heterocycles. The summed E-state index contributed by atoms with van der Waals surface area (Å²) in [6.45, 7) is 3.68. The lowest BCUT2D eigenvalue weighted by atomic mass is 10.1. The number of likely N-dealkylation sites (tertiary alicyclic amines) is 1. The number of sulfonamides is 1. The number of anilines is 1. The SMILES string of the molecule is O=C(c1ccc(NS(=O)(=O)c2cccs2)cc1)N1CCN(C(=O)N2CCCCC2)CC1. The Balaban J connectivity index is 1.32. The molecule has 0 unspecified atom stereocenters. The third kappa shape index (κ3) is 5.01. The van der Waals surface area contributed by atoms with Crippen molar-refractivity contribution in [1.29, 1.82) is 0 Å². The summed E-state index contributed by atoms with van der Waals surface area (Å²) >= 11 is 1.14. The van der Waals surface area contributed by atoms with Crippen molar-refractivity contribution < 1.29 is 18.0 Å². The van der Waals surface area contributed by atoms with E-state index in [2.05, 4.69) is 4.72 Å². The number of carbonyl (C=O) groups excluding carboxylic acids is 2. The fourth-order valence-corrected chi connectivity index (χ4v) is 5.92. The molecular weight excluding hydrogens is 436 g/mol. The van der Waals surface area contributed by atoms with Crippen molar-refractivity contribution in [3.8, 4) is 0 Å². The van der Waals surface area contributed by atoms with Crippen molar-refractivity contribution in [3.63, 3.8) is 0 Å². The van der Waals surface area contributed by atoms with Gasteiger partial charge in [-0.3, -0.25) is 9.52 Å². The molecule has 10 heteroatoms. The number of hydrogen-bond acceptors (Lipinski definition) is 5. The van der Waals surface area contributed by atoms with Crippen molar-refractivity contribution in [3.05, 3.63) is 47.3 Å². The molecule has 0 bridgehead atoms. The number of carbonyl (C=O) groups is 2. The topological polar surface area (TPSA) is 90.0 Å². The summed E-state index contributed by atoms with van der Waals surface area (Å²) in [6.07, 6.45) is 3.30. The smallest absolute Gasteiger partial charge is 0.320 e. The Bertz CT molecular complexity index is 1010. The maximum Gasteiger partial charge on any atom is 0.320 e. The van der Waals surface area contributed by atoms with Gasteiger partial charge in [0.1, 0.15) is 4.21 Å². The minimum Gasteiger partial charge on any atom is -0.335 e. The van der Waals surface area contributed by atoms with Crippen LogP contribution in [0.5, 0.6) is 0 Å². The molecule has 1 aromatic heterocycles. The Labute approximate surface area is 186 Å². The average Bonchev–Trinajstić information content (AvgIpc) is 3.35. The number of benzene rings is 1. The van der Waals surface area contributed by atoms with Gasteiger partial charge >= 0.3 is 6.03 Å². The summed E-state index contributed by atoms with van der Waals surface area (Å²) in [5.41, 5.74) is 0.900. The first kappa shape index (κ1) is 21.6. The molecular formula is C21H26N4O4S2. The fraction of sp³-hybridized carbons (Fsp3) is 0.429. The van der Waals surface area contributed by atoms with Crippen molar-refractivity contribution in [2.45, 2.75) is 23.5 Å². The highest BCUT2D eigenvalue weighted by Gasteiger charge is 2.28. The number of nitrogens with zero attached hydrogens (tertiary/aromatic N) is 3. The molecule has 3 amide bonds. The lowest BCUT2D eigenvalue weighted by Crippen LogP contribution is -2.54. The van der Waals surface area contributed by atoms with Gasteiger partial charge in [0.05, 0.1) is 0 Å². The molecule has 2 fully saturated rings. The normalized spacial score (nSPS) is 17.5. The first-order chi connectivity index (χ1) is 14.9. The number of hydrogen-bond donors (Lipinski definition) is 1. The molecule has 0 aliphatic carbocycles. The summed E-state index contributed by atoms with van der Waals surface area (Å²) in [6, 6.07) is 9.73. The van der Waals surface area contributed by atoms with Crippen LogP contribution in [-0.4, -0.2) is 74.3 Å². The summed E-state index contributed by atoms with van der Waals surface area (Å²) in [7, 11) is -3.62. The second-order valence-electron chi connectivity index (χ2n) is 7.72. The zero-order chi connectivity index (χ0) is 21.8. The second-order valence-corrected chi connectivity index (χ2v) is 10.6. The van der Waals surface area contributed by atoms with E-state index >= 15 is 0 Å². The molecule has 2 aliphatic rings. The second kappa shape index (κ2) is 9.27. The Morgan fingerprint density at radius 1 is 0.806 bits per heavy atom. The third-order valence-electron chi connectivity index (χ3n) is 5.61. The van der Waals surface area contributed by atoms with Crippen LogP contribution >= 0.6 is 11.3 Å². The Morgan fingerprint density at radius 3 is 2.03 bits per heavy atom. The largest absolute Gasteiger partial charge is 0.335 e. The van der Waals surface area contributed by atoms with E-state index in [1.165, 1.54) is 6.42 Å². The highest BCUT2D eigenvalue weighted by atomic mass is 32.2. The zero-order valence-corrected chi connectivity index (χ0v) is 18.8. The average molecular weight is 463 g/mol. The van der Waals surface area contributed by atoms with E-state index in [1.54, 1.807) is 46.7 Å². The third-order valence-corrected chi connectivity index (χ3v) is 8.39. The van der Waals surface area contributed by atoms with E-state index in [4.69, 9.17) is 0 Å². The van der Waals surface area contributed by atoms with Crippen LogP contribution in [0, 0.1) is 0 Å². The summed E-state index contributed by atoms with van der Waals surface area (Å²) < 4.78 is 27.4. The highest BCUT2D eigenvalue weighted by molar-refractivity contribution is 7.94. The number of nitrogens with one attached hydrogen (secondary N) is 1. The molecule has 166 valence electrons. The molecule has 3 heterocycles. The van der Waals surface area contributed by atoms with Gasteiger partial charge in [0.25, 0.3) is 15.9 Å². The number of piperidine rings is 1. The van der Waals surface area contributed by atoms with E-state index in [0.717, 1.165) is 37.3 Å². The van der Waals surface area contributed by atoms with Crippen molar-refractivity contribution in [2.24, 2.45) is 0 Å². The standard InChI is InChI=1S/C21H26N4O4S2/c26-20(23-12-14-25(15-13-23)21(27)24-10-2-1-3-11-24)17-6-8-18(9-7-17)22-31(28,29)19-5-4-16-30-19/h4-9,16,22H,1-3,10-15H2. The maximum atomic E-state index is 12.8. The number of urea groups is 1. The lowest BCUT2D eigenvalue weighted by Gasteiger charge is -2.38. The maximum absolute atomic E-state index is 12.8. The highest BCUT2D eigenvalue weighted by Crippen LogP contribution is 2.21. The Morgan fingerprint density at radius 2 is 1.42 bits per heavy atom. The van der Waals surface area contributed by atoms with E-state index < -0.39 is 10.0 Å². The molecule has 4 rings (SSSR count). The van der Waals surface area contributed by atoms with Crippen LogP contribution in [0.4, 0.5) is 10.5 Å². The van der Waals surface area contributed by atoms with Crippen LogP contribution in [0.2, 0.25) is 0 Å². The first-order valence-electron chi connectivity index (χ1n) is 10.4. The van der Waals surface area contributed by atoms with Gasteiger partial charge in [-0.25, -0.2) is 13.2 Å². The molecule has 2 aliphatic heterocycles. The predicted octanol–water partition coefficient (Wildman–Crippen LogP) is 2.91. The number of thiophene rings is 1. The molecule has 0 saturated carbocycles. The molecule has 2 aromatic rings. The molecule has 31 heavy (non-hydrogen) atoms. The van der Waals surface area contributed by atoms with Crippen LogP contribution in [0.25, 0.3) is 0 Å². The van der Waals surface area contributed by atoms with Crippen LogP contribution in [-0.2, 0) is 10.0 Å². The van der Waals surface area contributed by atoms with E-state index in [9.17, 15) is 18.0 Å². The quantitative estimate of drug-likeness (QED) is 0.757. The zero-order valence-electron chi connectivity index (χ0n) is 17.2. The summed E-state index contributed by atoms with van der Waals surface area (Å²) in [5, 5.41) is 1.70. The molecule has 0 atom stereocenters. The molecule has 8 nitrogen and oxygen atoms in total. The van der Waals surface area contributed by atoms with Crippen LogP contribution in [0.15, 0.2) is 46.0 Å². The van der Waals surface area contributed by atoms with Gasteiger partial charge in [0.15, 0.2) is 0 Å². The molecule has 0 spiro atoms. The number of piperazine rings is 1. The van der Waals surface area contributed by atoms with Crippen molar-refractivity contribution in [2.75, 3.05) is 44.0 Å². The van der Waals surface area contributed by atoms with Gasteiger partial charge in [0, 0.05) is 50.5 Å². The number of rotatable bonds is 4. The van der Waals surface area contributed by atoms with Gasteiger partial charge in [0.2, 0.25) is 0 Å². The van der Waals surface area contributed by atoms with Crippen LogP contribution in [0.3, 0.4) is 0 Å². The van der Waals surface area contributed by atoms with Gasteiger partial charge in [-0.15, -0.1) is 11.3 Å². The van der Waals surface area contributed by atoms with E-state index in [0.29, 0.717) is 37.4 Å². The van der Waals surface area contributed by atoms with Crippen LogP contribution in [0.1, 0.15) is 29.6 Å². The lowest BCUT2D eigenvalue weighted by molar-refractivity contribution is 0.0633. The Kier molecular flexibility index (Phi) is 6.47. The van der Waals surface area contributed by atoms with Gasteiger partial charge in [-0.2, -0.15) is 0 Å². The molecule has 1 aromatic carbocycles. The molecule has 1 N–H and O–H groups in total. The number of amides is 3. The van der Waals surface area contributed by atoms with Crippen LogP contribution < -0.4 is 4.72 Å². The minimum absolute atomic E-state index is 0.0779. The fourth-order valence-electron chi connectivity index (χ4n) is 3.87. The first-order valence-corrected chi connectivity index (χ1v) is 12.8. The summed E-state index contributed by atoms with van der Waals surface area (Å²) in [4.78, 5) is 31.0. The minimum atomic E-state index is -3.62. The Hall–Kier alpha value is -2.59. The van der Waals surface area contributed by atoms with E-state index in [1.807, 2.05) is 9.80 Å². The van der Waals surface area contributed by atoms with Gasteiger partial charge < -0.3 is 14.7 Å².